The molecule has 3 atom stereocenters. The average Bonchev–Trinajstić information content (AvgIpc) is 2.50. The van der Waals surface area contributed by atoms with E-state index in [1.165, 1.54) is 24.6 Å². The lowest BCUT2D eigenvalue weighted by molar-refractivity contribution is 0.320. The van der Waals surface area contributed by atoms with Crippen molar-refractivity contribution in [2.75, 3.05) is 6.54 Å². The van der Waals surface area contributed by atoms with Gasteiger partial charge in [0, 0.05) is 16.7 Å². The van der Waals surface area contributed by atoms with Crippen molar-refractivity contribution in [1.29, 1.82) is 0 Å². The van der Waals surface area contributed by atoms with Crippen LogP contribution in [0.5, 0.6) is 0 Å². The molecule has 1 aliphatic carbocycles. The molecule has 3 rings (SSSR count). The van der Waals surface area contributed by atoms with E-state index >= 15 is 0 Å². The normalized spacial score (nSPS) is 26.1. The Morgan fingerprint density at radius 3 is 2.95 bits per heavy atom. The van der Waals surface area contributed by atoms with Crippen molar-refractivity contribution in [3.8, 4) is 0 Å². The van der Waals surface area contributed by atoms with Crippen molar-refractivity contribution in [2.45, 2.75) is 49.4 Å². The van der Waals surface area contributed by atoms with Gasteiger partial charge in [-0.2, -0.15) is 0 Å². The van der Waals surface area contributed by atoms with E-state index in [2.05, 4.69) is 47.3 Å². The topological polar surface area (TPSA) is 37.8 Å². The van der Waals surface area contributed by atoms with E-state index in [1.807, 2.05) is 17.8 Å². The molecule has 1 aliphatic rings. The molecule has 1 heterocycles. The number of fused-ring (bicyclic) bond motifs is 1. The number of nitrogens with one attached hydrogen (secondary N) is 1. The maximum Gasteiger partial charge on any atom is 0.117 e. The van der Waals surface area contributed by atoms with E-state index < -0.39 is 0 Å². The number of hydrogen-bond acceptors (Lipinski definition) is 4. The molecule has 1 aromatic carbocycles. The van der Waals surface area contributed by atoms with Gasteiger partial charge >= 0.3 is 0 Å². The molecule has 0 amide bonds. The molecule has 1 aromatic heterocycles. The monoisotopic (exact) mass is 301 g/mol. The van der Waals surface area contributed by atoms with E-state index in [-0.39, 0.29) is 0 Å². The lowest BCUT2D eigenvalue weighted by Crippen LogP contribution is -2.42. The molecule has 0 saturated heterocycles. The molecule has 0 radical (unpaired) electrons. The van der Waals surface area contributed by atoms with Crippen LogP contribution in [0.25, 0.3) is 10.9 Å². The molecule has 112 valence electrons. The molecule has 1 fully saturated rings. The van der Waals surface area contributed by atoms with Gasteiger partial charge in [0.2, 0.25) is 0 Å². The Kier molecular flexibility index (Phi) is 4.76. The smallest absolute Gasteiger partial charge is 0.117 e. The Morgan fingerprint density at radius 2 is 2.10 bits per heavy atom. The number of rotatable bonds is 4. The van der Waals surface area contributed by atoms with Crippen LogP contribution in [0.3, 0.4) is 0 Å². The summed E-state index contributed by atoms with van der Waals surface area (Å²) < 4.78 is 0. The summed E-state index contributed by atoms with van der Waals surface area (Å²) in [5.74, 6) is 0.811. The van der Waals surface area contributed by atoms with Gasteiger partial charge in [0.15, 0.2) is 0 Å². The van der Waals surface area contributed by atoms with Gasteiger partial charge < -0.3 is 5.32 Å². The lowest BCUT2D eigenvalue weighted by Gasteiger charge is -2.34. The second-order valence-corrected chi connectivity index (χ2v) is 7.16. The SMILES string of the molecule is CCNC1CCC(C)CC1Sc1ncnc2ccccc12. The van der Waals surface area contributed by atoms with Crippen molar-refractivity contribution >= 4 is 22.7 Å². The molecule has 1 saturated carbocycles. The van der Waals surface area contributed by atoms with Crippen molar-refractivity contribution in [2.24, 2.45) is 5.92 Å². The third-order valence-corrected chi connectivity index (χ3v) is 5.66. The van der Waals surface area contributed by atoms with Crippen LogP contribution in [0.1, 0.15) is 33.1 Å². The van der Waals surface area contributed by atoms with E-state index in [0.717, 1.165) is 23.0 Å². The van der Waals surface area contributed by atoms with Crippen LogP contribution in [0.15, 0.2) is 35.6 Å². The Morgan fingerprint density at radius 1 is 1.24 bits per heavy atom. The second kappa shape index (κ2) is 6.75. The van der Waals surface area contributed by atoms with Crippen molar-refractivity contribution in [3.05, 3.63) is 30.6 Å². The van der Waals surface area contributed by atoms with Crippen molar-refractivity contribution in [1.82, 2.24) is 15.3 Å². The zero-order valence-corrected chi connectivity index (χ0v) is 13.6. The molecule has 0 aliphatic heterocycles. The standard InChI is InChI=1S/C17H23N3S/c1-3-18-15-9-8-12(2)10-16(15)21-17-13-6-4-5-7-14(13)19-11-20-17/h4-7,11-12,15-16,18H,3,8-10H2,1-2H3. The summed E-state index contributed by atoms with van der Waals surface area (Å²) >= 11 is 1.93. The number of benzene rings is 1. The summed E-state index contributed by atoms with van der Waals surface area (Å²) in [5, 5.41) is 6.57. The first-order valence-electron chi connectivity index (χ1n) is 7.87. The summed E-state index contributed by atoms with van der Waals surface area (Å²) in [7, 11) is 0. The minimum atomic E-state index is 0.602. The van der Waals surface area contributed by atoms with Gasteiger partial charge in [0.1, 0.15) is 11.4 Å². The third kappa shape index (κ3) is 3.38. The Bertz CT molecular complexity index is 596. The van der Waals surface area contributed by atoms with Gasteiger partial charge in [-0.3, -0.25) is 0 Å². The van der Waals surface area contributed by atoms with E-state index in [0.29, 0.717) is 11.3 Å². The van der Waals surface area contributed by atoms with E-state index in [1.54, 1.807) is 6.33 Å². The Hall–Kier alpha value is -1.13. The van der Waals surface area contributed by atoms with Crippen LogP contribution in [-0.4, -0.2) is 27.8 Å². The summed E-state index contributed by atoms with van der Waals surface area (Å²) in [6, 6.07) is 8.90. The minimum Gasteiger partial charge on any atom is -0.313 e. The number of para-hydroxylation sites is 1. The van der Waals surface area contributed by atoms with Crippen LogP contribution in [0.2, 0.25) is 0 Å². The molecule has 3 unspecified atom stereocenters. The number of thioether (sulfide) groups is 1. The molecule has 3 nitrogen and oxygen atoms in total. The molecular weight excluding hydrogens is 278 g/mol. The highest BCUT2D eigenvalue weighted by atomic mass is 32.2. The maximum atomic E-state index is 4.54. The zero-order chi connectivity index (χ0) is 14.7. The van der Waals surface area contributed by atoms with Gasteiger partial charge in [-0.15, -0.1) is 11.8 Å². The number of nitrogens with zero attached hydrogens (tertiary/aromatic N) is 2. The van der Waals surface area contributed by atoms with Crippen LogP contribution < -0.4 is 5.32 Å². The predicted octanol–water partition coefficient (Wildman–Crippen LogP) is 3.89. The average molecular weight is 301 g/mol. The fourth-order valence-corrected chi connectivity index (χ4v) is 4.69. The minimum absolute atomic E-state index is 0.602. The molecule has 0 spiro atoms. The second-order valence-electron chi connectivity index (χ2n) is 5.93. The fourth-order valence-electron chi connectivity index (χ4n) is 3.17. The van der Waals surface area contributed by atoms with Crippen LogP contribution in [0, 0.1) is 5.92 Å². The van der Waals surface area contributed by atoms with Gasteiger partial charge in [-0.05, 0) is 37.8 Å². The predicted molar refractivity (Wildman–Crippen MR) is 89.7 cm³/mol. The highest BCUT2D eigenvalue weighted by Crippen LogP contribution is 2.37. The van der Waals surface area contributed by atoms with E-state index in [4.69, 9.17) is 0 Å². The fraction of sp³-hybridized carbons (Fsp3) is 0.529. The highest BCUT2D eigenvalue weighted by Gasteiger charge is 2.29. The largest absolute Gasteiger partial charge is 0.313 e. The Balaban J connectivity index is 1.85. The molecule has 21 heavy (non-hydrogen) atoms. The maximum absolute atomic E-state index is 4.54. The van der Waals surface area contributed by atoms with Crippen molar-refractivity contribution in [3.63, 3.8) is 0 Å². The first-order valence-corrected chi connectivity index (χ1v) is 8.75. The molecule has 4 heteroatoms. The first-order chi connectivity index (χ1) is 10.3. The zero-order valence-electron chi connectivity index (χ0n) is 12.7. The van der Waals surface area contributed by atoms with Crippen LogP contribution >= 0.6 is 11.8 Å². The van der Waals surface area contributed by atoms with Crippen LogP contribution in [-0.2, 0) is 0 Å². The summed E-state index contributed by atoms with van der Waals surface area (Å²) in [5.41, 5.74) is 1.04. The number of hydrogen-bond donors (Lipinski definition) is 1. The summed E-state index contributed by atoms with van der Waals surface area (Å²) in [6.07, 6.45) is 5.56. The number of aromatic nitrogens is 2. The van der Waals surface area contributed by atoms with Crippen LogP contribution in [0.4, 0.5) is 0 Å². The molecular formula is C17H23N3S. The Labute approximate surface area is 131 Å². The first kappa shape index (κ1) is 14.8. The quantitative estimate of drug-likeness (QED) is 0.870. The highest BCUT2D eigenvalue weighted by molar-refractivity contribution is 8.00. The molecule has 0 bridgehead atoms. The molecule has 1 N–H and O–H groups in total. The van der Waals surface area contributed by atoms with Gasteiger partial charge in [0.25, 0.3) is 0 Å². The van der Waals surface area contributed by atoms with Gasteiger partial charge in [-0.25, -0.2) is 9.97 Å². The van der Waals surface area contributed by atoms with Crippen molar-refractivity contribution < 1.29 is 0 Å². The van der Waals surface area contributed by atoms with E-state index in [9.17, 15) is 0 Å². The summed E-state index contributed by atoms with van der Waals surface area (Å²) in [6.45, 7) is 5.61. The van der Waals surface area contributed by atoms with Gasteiger partial charge in [0.05, 0.1) is 5.52 Å². The summed E-state index contributed by atoms with van der Waals surface area (Å²) in [4.78, 5) is 8.91. The molecule has 2 aromatic rings. The van der Waals surface area contributed by atoms with Gasteiger partial charge in [-0.1, -0.05) is 32.0 Å². The third-order valence-electron chi connectivity index (χ3n) is 4.29. The lowest BCUT2D eigenvalue weighted by atomic mass is 9.87.